The summed E-state index contributed by atoms with van der Waals surface area (Å²) in [5, 5.41) is 3.53. The third kappa shape index (κ3) is 3.85. The van der Waals surface area contributed by atoms with E-state index in [2.05, 4.69) is 27.1 Å². The Morgan fingerprint density at radius 2 is 2.04 bits per heavy atom. The van der Waals surface area contributed by atoms with Crippen LogP contribution in [0.5, 0.6) is 0 Å². The Morgan fingerprint density at radius 1 is 1.29 bits per heavy atom. The SMILES string of the molecule is Cc1cc(Cl)ccc1NC(=O)c1ccnc(N2CCC(C)CC2)n1. The van der Waals surface area contributed by atoms with Crippen molar-refractivity contribution in [3.8, 4) is 0 Å². The van der Waals surface area contributed by atoms with Crippen molar-refractivity contribution in [1.82, 2.24) is 9.97 Å². The lowest BCUT2D eigenvalue weighted by atomic mass is 10.00. The molecule has 2 heterocycles. The first-order valence-corrected chi connectivity index (χ1v) is 8.56. The molecule has 3 rings (SSSR count). The molecule has 126 valence electrons. The summed E-state index contributed by atoms with van der Waals surface area (Å²) < 4.78 is 0. The summed E-state index contributed by atoms with van der Waals surface area (Å²) in [4.78, 5) is 23.4. The molecule has 24 heavy (non-hydrogen) atoms. The lowest BCUT2D eigenvalue weighted by molar-refractivity contribution is 0.102. The Balaban J connectivity index is 1.74. The highest BCUT2D eigenvalue weighted by atomic mass is 35.5. The van der Waals surface area contributed by atoms with E-state index in [0.29, 0.717) is 16.7 Å². The molecule has 5 nitrogen and oxygen atoms in total. The summed E-state index contributed by atoms with van der Waals surface area (Å²) in [5.74, 6) is 1.12. The van der Waals surface area contributed by atoms with Gasteiger partial charge < -0.3 is 10.2 Å². The minimum atomic E-state index is -0.241. The van der Waals surface area contributed by atoms with Gasteiger partial charge in [0.25, 0.3) is 5.91 Å². The number of benzene rings is 1. The van der Waals surface area contributed by atoms with E-state index < -0.39 is 0 Å². The van der Waals surface area contributed by atoms with E-state index in [0.717, 1.165) is 43.1 Å². The van der Waals surface area contributed by atoms with E-state index in [1.165, 1.54) is 0 Å². The number of nitrogens with one attached hydrogen (secondary N) is 1. The summed E-state index contributed by atoms with van der Waals surface area (Å²) in [5.41, 5.74) is 2.01. The van der Waals surface area contributed by atoms with Crippen molar-refractivity contribution in [3.63, 3.8) is 0 Å². The number of halogens is 1. The van der Waals surface area contributed by atoms with Gasteiger partial charge in [0, 0.05) is 30.0 Å². The maximum Gasteiger partial charge on any atom is 0.274 e. The third-order valence-electron chi connectivity index (χ3n) is 4.38. The van der Waals surface area contributed by atoms with Gasteiger partial charge in [-0.1, -0.05) is 18.5 Å². The van der Waals surface area contributed by atoms with Crippen LogP contribution in [-0.2, 0) is 0 Å². The van der Waals surface area contributed by atoms with E-state index in [4.69, 9.17) is 11.6 Å². The standard InChI is InChI=1S/C18H21ClN4O/c1-12-6-9-23(10-7-12)18-20-8-5-16(22-18)17(24)21-15-4-3-14(19)11-13(15)2/h3-5,8,11-12H,6-7,9-10H2,1-2H3,(H,21,24). The van der Waals surface area contributed by atoms with Crippen LogP contribution in [-0.4, -0.2) is 29.0 Å². The summed E-state index contributed by atoms with van der Waals surface area (Å²) in [7, 11) is 0. The molecule has 6 heteroatoms. The van der Waals surface area contributed by atoms with Crippen molar-refractivity contribution in [2.75, 3.05) is 23.3 Å². The highest BCUT2D eigenvalue weighted by Gasteiger charge is 2.19. The Hall–Kier alpha value is -2.14. The molecule has 1 fully saturated rings. The van der Waals surface area contributed by atoms with Gasteiger partial charge in [0.1, 0.15) is 5.69 Å². The predicted octanol–water partition coefficient (Wildman–Crippen LogP) is 3.93. The van der Waals surface area contributed by atoms with Crippen LogP contribution in [0.2, 0.25) is 5.02 Å². The Morgan fingerprint density at radius 3 is 2.75 bits per heavy atom. The van der Waals surface area contributed by atoms with E-state index >= 15 is 0 Å². The lowest BCUT2D eigenvalue weighted by Crippen LogP contribution is -2.34. The summed E-state index contributed by atoms with van der Waals surface area (Å²) in [6.45, 7) is 6.03. The first-order valence-electron chi connectivity index (χ1n) is 8.18. The minimum absolute atomic E-state index is 0.241. The number of carbonyl (C=O) groups excluding carboxylic acids is 1. The molecule has 0 bridgehead atoms. The van der Waals surface area contributed by atoms with Gasteiger partial charge in [-0.2, -0.15) is 0 Å². The van der Waals surface area contributed by atoms with Crippen molar-refractivity contribution < 1.29 is 4.79 Å². The van der Waals surface area contributed by atoms with Crippen molar-refractivity contribution in [2.45, 2.75) is 26.7 Å². The summed E-state index contributed by atoms with van der Waals surface area (Å²) in [6.07, 6.45) is 3.90. The number of carbonyl (C=O) groups is 1. The fourth-order valence-corrected chi connectivity index (χ4v) is 3.02. The van der Waals surface area contributed by atoms with Crippen LogP contribution in [0.3, 0.4) is 0 Å². The van der Waals surface area contributed by atoms with Crippen LogP contribution < -0.4 is 10.2 Å². The van der Waals surface area contributed by atoms with Crippen LogP contribution in [0.4, 0.5) is 11.6 Å². The van der Waals surface area contributed by atoms with Gasteiger partial charge in [-0.25, -0.2) is 9.97 Å². The van der Waals surface area contributed by atoms with Crippen LogP contribution in [0.15, 0.2) is 30.5 Å². The van der Waals surface area contributed by atoms with Gasteiger partial charge in [-0.15, -0.1) is 0 Å². The van der Waals surface area contributed by atoms with Gasteiger partial charge in [0.15, 0.2) is 0 Å². The average Bonchev–Trinajstić information content (AvgIpc) is 2.58. The summed E-state index contributed by atoms with van der Waals surface area (Å²) in [6, 6.07) is 7.00. The molecule has 1 amide bonds. The molecule has 2 aromatic rings. The first kappa shape index (κ1) is 16.7. The molecule has 1 aromatic heterocycles. The number of nitrogens with zero attached hydrogens (tertiary/aromatic N) is 3. The minimum Gasteiger partial charge on any atom is -0.341 e. The number of rotatable bonds is 3. The van der Waals surface area contributed by atoms with Crippen LogP contribution in [0.25, 0.3) is 0 Å². The molecule has 0 saturated carbocycles. The zero-order chi connectivity index (χ0) is 17.1. The number of piperidine rings is 1. The molecular formula is C18H21ClN4O. The second-order valence-corrected chi connectivity index (χ2v) is 6.76. The second-order valence-electron chi connectivity index (χ2n) is 6.32. The molecule has 0 unspecified atom stereocenters. The number of amides is 1. The molecule has 1 aliphatic heterocycles. The zero-order valence-electron chi connectivity index (χ0n) is 13.9. The Kier molecular flexibility index (Phi) is 5.00. The smallest absolute Gasteiger partial charge is 0.274 e. The quantitative estimate of drug-likeness (QED) is 0.916. The van der Waals surface area contributed by atoms with Crippen molar-refractivity contribution in [1.29, 1.82) is 0 Å². The maximum atomic E-state index is 12.5. The number of hydrogen-bond acceptors (Lipinski definition) is 4. The van der Waals surface area contributed by atoms with Gasteiger partial charge in [0.2, 0.25) is 5.95 Å². The molecule has 1 saturated heterocycles. The number of hydrogen-bond donors (Lipinski definition) is 1. The van der Waals surface area contributed by atoms with E-state index in [1.807, 2.05) is 13.0 Å². The van der Waals surface area contributed by atoms with E-state index in [9.17, 15) is 4.79 Å². The highest BCUT2D eigenvalue weighted by Crippen LogP contribution is 2.22. The first-order chi connectivity index (χ1) is 11.5. The van der Waals surface area contributed by atoms with E-state index in [1.54, 1.807) is 24.4 Å². The van der Waals surface area contributed by atoms with Crippen LogP contribution >= 0.6 is 11.6 Å². The summed E-state index contributed by atoms with van der Waals surface area (Å²) >= 11 is 5.95. The molecular weight excluding hydrogens is 324 g/mol. The predicted molar refractivity (Wildman–Crippen MR) is 96.8 cm³/mol. The van der Waals surface area contributed by atoms with Crippen molar-refractivity contribution in [2.24, 2.45) is 5.92 Å². The van der Waals surface area contributed by atoms with Gasteiger partial charge >= 0.3 is 0 Å². The van der Waals surface area contributed by atoms with Crippen LogP contribution in [0, 0.1) is 12.8 Å². The molecule has 1 N–H and O–H groups in total. The monoisotopic (exact) mass is 344 g/mol. The van der Waals surface area contributed by atoms with Crippen LogP contribution in [0.1, 0.15) is 35.8 Å². The fourth-order valence-electron chi connectivity index (χ4n) is 2.79. The van der Waals surface area contributed by atoms with Gasteiger partial charge in [0.05, 0.1) is 0 Å². The molecule has 0 aliphatic carbocycles. The molecule has 0 radical (unpaired) electrons. The van der Waals surface area contributed by atoms with Gasteiger partial charge in [-0.05, 0) is 55.5 Å². The molecule has 1 aromatic carbocycles. The zero-order valence-corrected chi connectivity index (χ0v) is 14.7. The third-order valence-corrected chi connectivity index (χ3v) is 4.61. The largest absolute Gasteiger partial charge is 0.341 e. The number of aromatic nitrogens is 2. The average molecular weight is 345 g/mol. The fraction of sp³-hybridized carbons (Fsp3) is 0.389. The Labute approximate surface area is 147 Å². The number of aryl methyl sites for hydroxylation is 1. The number of anilines is 2. The normalized spacial score (nSPS) is 15.4. The Bertz CT molecular complexity index is 742. The topological polar surface area (TPSA) is 58.1 Å². The second kappa shape index (κ2) is 7.18. The highest BCUT2D eigenvalue weighted by molar-refractivity contribution is 6.30. The molecule has 1 aliphatic rings. The molecule has 0 spiro atoms. The van der Waals surface area contributed by atoms with Crippen molar-refractivity contribution in [3.05, 3.63) is 46.7 Å². The lowest BCUT2D eigenvalue weighted by Gasteiger charge is -2.30. The van der Waals surface area contributed by atoms with E-state index in [-0.39, 0.29) is 5.91 Å². The van der Waals surface area contributed by atoms with Gasteiger partial charge in [-0.3, -0.25) is 4.79 Å². The maximum absolute atomic E-state index is 12.5. The van der Waals surface area contributed by atoms with Crippen molar-refractivity contribution >= 4 is 29.1 Å². The molecule has 0 atom stereocenters.